The van der Waals surface area contributed by atoms with Gasteiger partial charge >= 0.3 is 11.4 Å². The molecule has 0 aliphatic carbocycles. The zero-order valence-electron chi connectivity index (χ0n) is 7.95. The van der Waals surface area contributed by atoms with Crippen LogP contribution in [-0.2, 0) is 6.54 Å². The number of hydrogen-bond donors (Lipinski definition) is 3. The van der Waals surface area contributed by atoms with Crippen LogP contribution in [0.5, 0.6) is 0 Å². The summed E-state index contributed by atoms with van der Waals surface area (Å²) in [5.74, 6) is 0. The normalized spacial score (nSPS) is 10.6. The Hall–Kier alpha value is -1.30. The van der Waals surface area contributed by atoms with Gasteiger partial charge in [0, 0.05) is 13.2 Å². The van der Waals surface area contributed by atoms with Crippen LogP contribution < -0.4 is 11.4 Å². The molecule has 0 fully saturated rings. The van der Waals surface area contributed by atoms with E-state index < -0.39 is 11.4 Å². The number of H-pyrrole nitrogens is 2. The molecule has 3 N–H and O–H groups in total. The van der Waals surface area contributed by atoms with Crippen LogP contribution in [0.2, 0.25) is 0 Å². The van der Waals surface area contributed by atoms with Crippen LogP contribution in [0.3, 0.4) is 0 Å². The Morgan fingerprint density at radius 2 is 1.57 bits per heavy atom. The lowest BCUT2D eigenvalue weighted by Crippen LogP contribution is -2.26. The minimum atomic E-state index is -0.392. The van der Waals surface area contributed by atoms with Crippen LogP contribution in [0, 0.1) is 0 Å². The van der Waals surface area contributed by atoms with Gasteiger partial charge in [-0.1, -0.05) is 12.8 Å². The van der Waals surface area contributed by atoms with Gasteiger partial charge in [-0.3, -0.25) is 0 Å². The Bertz CT molecular complexity index is 335. The Kier molecular flexibility index (Phi) is 4.18. The maximum absolute atomic E-state index is 11.0. The van der Waals surface area contributed by atoms with Gasteiger partial charge in [0.2, 0.25) is 0 Å². The smallest absolute Gasteiger partial charge is 0.344 e. The van der Waals surface area contributed by atoms with Crippen molar-refractivity contribution in [2.45, 2.75) is 32.2 Å². The highest BCUT2D eigenvalue weighted by Crippen LogP contribution is 1.99. The summed E-state index contributed by atoms with van der Waals surface area (Å²) in [6.45, 7) is 0.633. The quantitative estimate of drug-likeness (QED) is 0.538. The molecule has 0 amide bonds. The third kappa shape index (κ3) is 2.88. The third-order valence-electron chi connectivity index (χ3n) is 2.06. The molecule has 0 radical (unpaired) electrons. The van der Waals surface area contributed by atoms with E-state index >= 15 is 0 Å². The van der Waals surface area contributed by atoms with Gasteiger partial charge in [-0.25, -0.2) is 24.4 Å². The van der Waals surface area contributed by atoms with Gasteiger partial charge in [-0.15, -0.1) is 0 Å². The van der Waals surface area contributed by atoms with E-state index in [9.17, 15) is 9.59 Å². The lowest BCUT2D eigenvalue weighted by Gasteiger charge is -1.98. The van der Waals surface area contributed by atoms with E-state index in [-0.39, 0.29) is 6.61 Å². The van der Waals surface area contributed by atoms with E-state index in [2.05, 4.69) is 10.2 Å². The second-order valence-corrected chi connectivity index (χ2v) is 3.15. The molecule has 0 aromatic carbocycles. The van der Waals surface area contributed by atoms with Crippen molar-refractivity contribution >= 4 is 0 Å². The van der Waals surface area contributed by atoms with Crippen molar-refractivity contribution in [1.29, 1.82) is 0 Å². The summed E-state index contributed by atoms with van der Waals surface area (Å²) in [6.07, 6.45) is 3.39. The van der Waals surface area contributed by atoms with Gasteiger partial charge in [-0.05, 0) is 12.8 Å². The third-order valence-corrected chi connectivity index (χ3v) is 2.06. The number of aromatic amines is 2. The van der Waals surface area contributed by atoms with Crippen molar-refractivity contribution in [3.05, 3.63) is 21.0 Å². The lowest BCUT2D eigenvalue weighted by atomic mass is 10.2. The summed E-state index contributed by atoms with van der Waals surface area (Å²) in [7, 11) is 0. The van der Waals surface area contributed by atoms with Gasteiger partial charge in [0.15, 0.2) is 0 Å². The summed E-state index contributed by atoms with van der Waals surface area (Å²) in [5, 5.41) is 13.0. The number of nitrogens with zero attached hydrogens (tertiary/aromatic N) is 1. The number of rotatable bonds is 6. The van der Waals surface area contributed by atoms with Gasteiger partial charge in [0.1, 0.15) is 0 Å². The minimum absolute atomic E-state index is 0.199. The summed E-state index contributed by atoms with van der Waals surface area (Å²) in [5.41, 5.74) is -0.783. The molecule has 0 spiro atoms. The molecule has 0 bridgehead atoms. The topological polar surface area (TPSA) is 90.9 Å². The summed E-state index contributed by atoms with van der Waals surface area (Å²) < 4.78 is 1.14. The van der Waals surface area contributed by atoms with Crippen molar-refractivity contribution in [3.63, 3.8) is 0 Å². The number of unbranched alkanes of at least 4 members (excludes halogenated alkanes) is 3. The first-order valence-electron chi connectivity index (χ1n) is 4.74. The predicted octanol–water partition coefficient (Wildman–Crippen LogP) is -0.583. The molecule has 1 heterocycles. The molecule has 0 saturated heterocycles. The van der Waals surface area contributed by atoms with Gasteiger partial charge < -0.3 is 5.11 Å². The van der Waals surface area contributed by atoms with E-state index in [1.165, 1.54) is 0 Å². The van der Waals surface area contributed by atoms with Crippen molar-refractivity contribution < 1.29 is 5.11 Å². The van der Waals surface area contributed by atoms with Crippen LogP contribution in [-0.4, -0.2) is 26.5 Å². The number of aliphatic hydroxyl groups is 1. The number of aromatic nitrogens is 3. The maximum atomic E-state index is 11.0. The summed E-state index contributed by atoms with van der Waals surface area (Å²) >= 11 is 0. The highest BCUT2D eigenvalue weighted by molar-refractivity contribution is 4.65. The molecule has 1 aromatic heterocycles. The fraction of sp³-hybridized carbons (Fsp3) is 0.750. The van der Waals surface area contributed by atoms with Crippen molar-refractivity contribution in [1.82, 2.24) is 14.8 Å². The molecule has 0 atom stereocenters. The average molecular weight is 201 g/mol. The molecule has 80 valence electrons. The van der Waals surface area contributed by atoms with Crippen LogP contribution in [0.1, 0.15) is 25.7 Å². The molecule has 6 heteroatoms. The molecular weight excluding hydrogens is 186 g/mol. The largest absolute Gasteiger partial charge is 0.396 e. The first kappa shape index (κ1) is 10.8. The highest BCUT2D eigenvalue weighted by atomic mass is 16.3. The molecule has 1 aromatic rings. The second-order valence-electron chi connectivity index (χ2n) is 3.15. The highest BCUT2D eigenvalue weighted by Gasteiger charge is 2.00. The summed E-state index contributed by atoms with van der Waals surface area (Å²) in [4.78, 5) is 22.0. The van der Waals surface area contributed by atoms with Crippen LogP contribution >= 0.6 is 0 Å². The van der Waals surface area contributed by atoms with Crippen LogP contribution in [0.15, 0.2) is 9.59 Å². The second kappa shape index (κ2) is 5.43. The fourth-order valence-corrected chi connectivity index (χ4v) is 1.27. The number of nitrogens with one attached hydrogen (secondary N) is 2. The molecule has 0 aliphatic heterocycles. The van der Waals surface area contributed by atoms with Crippen molar-refractivity contribution in [3.8, 4) is 0 Å². The van der Waals surface area contributed by atoms with E-state index in [1.54, 1.807) is 0 Å². The van der Waals surface area contributed by atoms with Crippen LogP contribution in [0.25, 0.3) is 0 Å². The zero-order chi connectivity index (χ0) is 10.4. The first-order valence-corrected chi connectivity index (χ1v) is 4.74. The minimum Gasteiger partial charge on any atom is -0.396 e. The monoisotopic (exact) mass is 201 g/mol. The van der Waals surface area contributed by atoms with E-state index in [0.717, 1.165) is 30.3 Å². The van der Waals surface area contributed by atoms with E-state index in [0.29, 0.717) is 6.54 Å². The standard InChI is InChI=1S/C8H15N3O3/c12-6-4-2-1-3-5-11-7(13)9-10-8(11)14/h12H,1-6H2,(H,9,13)(H,10,14). The predicted molar refractivity (Wildman–Crippen MR) is 51.2 cm³/mol. The molecule has 1 rings (SSSR count). The van der Waals surface area contributed by atoms with Gasteiger partial charge in [0.25, 0.3) is 0 Å². The molecule has 0 aliphatic rings. The lowest BCUT2D eigenvalue weighted by molar-refractivity contribution is 0.282. The van der Waals surface area contributed by atoms with E-state index in [4.69, 9.17) is 5.11 Å². The van der Waals surface area contributed by atoms with Crippen molar-refractivity contribution in [2.24, 2.45) is 0 Å². The maximum Gasteiger partial charge on any atom is 0.344 e. The molecule has 14 heavy (non-hydrogen) atoms. The Morgan fingerprint density at radius 3 is 2.14 bits per heavy atom. The average Bonchev–Trinajstić information content (AvgIpc) is 2.48. The molecular formula is C8H15N3O3. The Labute approximate surface area is 80.6 Å². The van der Waals surface area contributed by atoms with E-state index in [1.807, 2.05) is 0 Å². The fourth-order valence-electron chi connectivity index (χ4n) is 1.27. The number of hydrogen-bond acceptors (Lipinski definition) is 3. The first-order chi connectivity index (χ1) is 6.75. The molecule has 6 nitrogen and oxygen atoms in total. The Balaban J connectivity index is 2.32. The SMILES string of the molecule is O=c1[nH][nH]c(=O)n1CCCCCCO. The Morgan fingerprint density at radius 1 is 1.00 bits per heavy atom. The molecule has 0 unspecified atom stereocenters. The number of aliphatic hydroxyl groups excluding tert-OH is 1. The molecule has 0 saturated carbocycles. The van der Waals surface area contributed by atoms with Gasteiger partial charge in [-0.2, -0.15) is 0 Å². The van der Waals surface area contributed by atoms with Gasteiger partial charge in [0.05, 0.1) is 0 Å². The zero-order valence-corrected chi connectivity index (χ0v) is 7.95. The van der Waals surface area contributed by atoms with Crippen molar-refractivity contribution in [2.75, 3.05) is 6.61 Å². The van der Waals surface area contributed by atoms with Crippen LogP contribution in [0.4, 0.5) is 0 Å². The summed E-state index contributed by atoms with van der Waals surface area (Å²) in [6, 6.07) is 0.